The van der Waals surface area contributed by atoms with E-state index in [2.05, 4.69) is 16.4 Å². The van der Waals surface area contributed by atoms with Crippen LogP contribution in [-0.4, -0.2) is 22.5 Å². The molecule has 3 heterocycles. The molecule has 4 nitrogen and oxygen atoms in total. The van der Waals surface area contributed by atoms with Gasteiger partial charge in [-0.05, 0) is 23.6 Å². The number of rotatable bonds is 3. The quantitative estimate of drug-likeness (QED) is 0.689. The van der Waals surface area contributed by atoms with Crippen LogP contribution in [0.2, 0.25) is 0 Å². The van der Waals surface area contributed by atoms with Gasteiger partial charge in [-0.2, -0.15) is 0 Å². The van der Waals surface area contributed by atoms with Crippen molar-refractivity contribution in [2.24, 2.45) is 0 Å². The van der Waals surface area contributed by atoms with E-state index < -0.39 is 0 Å². The van der Waals surface area contributed by atoms with Gasteiger partial charge in [0, 0.05) is 23.7 Å². The number of thiophene rings is 1. The number of aromatic nitrogens is 2. The van der Waals surface area contributed by atoms with E-state index in [0.29, 0.717) is 5.56 Å². The number of hydrogen-bond acceptors (Lipinski definition) is 4. The summed E-state index contributed by atoms with van der Waals surface area (Å²) in [6.45, 7) is 0. The summed E-state index contributed by atoms with van der Waals surface area (Å²) >= 11 is 1.72. The molecule has 3 aromatic rings. The van der Waals surface area contributed by atoms with Crippen molar-refractivity contribution >= 4 is 23.0 Å². The first-order chi connectivity index (χ1) is 9.26. The van der Waals surface area contributed by atoms with Gasteiger partial charge >= 0.3 is 5.97 Å². The zero-order valence-corrected chi connectivity index (χ0v) is 11.2. The fourth-order valence-corrected chi connectivity index (χ4v) is 2.68. The second kappa shape index (κ2) is 4.85. The van der Waals surface area contributed by atoms with Gasteiger partial charge in [-0.25, -0.2) is 9.78 Å². The number of carbonyl (C=O) groups excluding carboxylic acids is 1. The molecule has 0 saturated heterocycles. The lowest BCUT2D eigenvalue weighted by atomic mass is 10.3. The standard InChI is InChI=1S/C14H12N2O2S/c1-18-14(17)10-4-5-13-15-11(9-16(13)8-10)7-12-3-2-6-19-12/h2-6,8-9H,7H2,1H3. The lowest BCUT2D eigenvalue weighted by molar-refractivity contribution is 0.0600. The van der Waals surface area contributed by atoms with Crippen molar-refractivity contribution in [1.82, 2.24) is 9.38 Å². The molecule has 0 saturated carbocycles. The van der Waals surface area contributed by atoms with Crippen LogP contribution in [0.4, 0.5) is 0 Å². The van der Waals surface area contributed by atoms with Crippen LogP contribution in [0.25, 0.3) is 5.65 Å². The highest BCUT2D eigenvalue weighted by Gasteiger charge is 2.08. The molecule has 0 aliphatic carbocycles. The molecule has 0 radical (unpaired) electrons. The SMILES string of the molecule is COC(=O)c1ccc2nc(Cc3cccs3)cn2c1. The van der Waals surface area contributed by atoms with Crippen molar-refractivity contribution in [3.63, 3.8) is 0 Å². The first-order valence-electron chi connectivity index (χ1n) is 5.84. The molecular weight excluding hydrogens is 260 g/mol. The molecule has 0 aliphatic heterocycles. The molecule has 0 aromatic carbocycles. The molecule has 96 valence electrons. The van der Waals surface area contributed by atoms with Gasteiger partial charge in [-0.3, -0.25) is 0 Å². The van der Waals surface area contributed by atoms with Crippen molar-refractivity contribution in [2.75, 3.05) is 7.11 Å². The summed E-state index contributed by atoms with van der Waals surface area (Å²) < 4.78 is 6.56. The number of imidazole rings is 1. The highest BCUT2D eigenvalue weighted by Crippen LogP contribution is 2.15. The molecule has 0 spiro atoms. The monoisotopic (exact) mass is 272 g/mol. The van der Waals surface area contributed by atoms with Crippen molar-refractivity contribution in [3.8, 4) is 0 Å². The average molecular weight is 272 g/mol. The van der Waals surface area contributed by atoms with Gasteiger partial charge in [0.15, 0.2) is 0 Å². The molecule has 5 heteroatoms. The average Bonchev–Trinajstić information content (AvgIpc) is 3.05. The molecular formula is C14H12N2O2S. The first kappa shape index (κ1) is 11.9. The summed E-state index contributed by atoms with van der Waals surface area (Å²) in [6.07, 6.45) is 4.50. The first-order valence-corrected chi connectivity index (χ1v) is 6.72. The maximum absolute atomic E-state index is 11.5. The Bertz CT molecular complexity index is 716. The second-order valence-corrected chi connectivity index (χ2v) is 5.20. The van der Waals surface area contributed by atoms with E-state index in [1.54, 1.807) is 23.6 Å². The Morgan fingerprint density at radius 3 is 3.00 bits per heavy atom. The molecule has 3 aromatic heterocycles. The topological polar surface area (TPSA) is 43.6 Å². The molecule has 0 fully saturated rings. The molecule has 0 amide bonds. The minimum absolute atomic E-state index is 0.338. The smallest absolute Gasteiger partial charge is 0.339 e. The third kappa shape index (κ3) is 2.37. The predicted molar refractivity (Wildman–Crippen MR) is 73.7 cm³/mol. The summed E-state index contributed by atoms with van der Waals surface area (Å²) in [7, 11) is 1.38. The number of hydrogen-bond donors (Lipinski definition) is 0. The van der Waals surface area contributed by atoms with E-state index in [1.165, 1.54) is 12.0 Å². The van der Waals surface area contributed by atoms with Gasteiger partial charge in [0.2, 0.25) is 0 Å². The number of carbonyl (C=O) groups is 1. The Hall–Kier alpha value is -2.14. The third-order valence-corrected chi connectivity index (χ3v) is 3.73. The Morgan fingerprint density at radius 2 is 2.26 bits per heavy atom. The Kier molecular flexibility index (Phi) is 3.05. The van der Waals surface area contributed by atoms with E-state index in [4.69, 9.17) is 4.74 Å². The van der Waals surface area contributed by atoms with Crippen LogP contribution in [-0.2, 0) is 11.2 Å². The highest BCUT2D eigenvalue weighted by atomic mass is 32.1. The van der Waals surface area contributed by atoms with E-state index in [-0.39, 0.29) is 5.97 Å². The molecule has 0 unspecified atom stereocenters. The zero-order chi connectivity index (χ0) is 13.2. The summed E-state index contributed by atoms with van der Waals surface area (Å²) in [5.41, 5.74) is 2.35. The lowest BCUT2D eigenvalue weighted by Gasteiger charge is -1.99. The molecule has 0 N–H and O–H groups in total. The largest absolute Gasteiger partial charge is 0.465 e. The van der Waals surface area contributed by atoms with E-state index in [9.17, 15) is 4.79 Å². The van der Waals surface area contributed by atoms with Crippen molar-refractivity contribution in [3.05, 3.63) is 58.2 Å². The lowest BCUT2D eigenvalue weighted by Crippen LogP contribution is -2.02. The maximum Gasteiger partial charge on any atom is 0.339 e. The normalized spacial score (nSPS) is 10.8. The Labute approximate surface area is 114 Å². The van der Waals surface area contributed by atoms with Gasteiger partial charge < -0.3 is 9.14 Å². The fourth-order valence-electron chi connectivity index (χ4n) is 1.96. The van der Waals surface area contributed by atoms with Crippen LogP contribution in [0.1, 0.15) is 20.9 Å². The minimum atomic E-state index is -0.338. The van der Waals surface area contributed by atoms with Crippen LogP contribution < -0.4 is 0 Å². The Morgan fingerprint density at radius 1 is 1.37 bits per heavy atom. The van der Waals surface area contributed by atoms with Crippen molar-refractivity contribution < 1.29 is 9.53 Å². The van der Waals surface area contributed by atoms with Crippen molar-refractivity contribution in [2.45, 2.75) is 6.42 Å². The number of esters is 1. The molecule has 0 atom stereocenters. The highest BCUT2D eigenvalue weighted by molar-refractivity contribution is 7.09. The zero-order valence-electron chi connectivity index (χ0n) is 10.4. The predicted octanol–water partition coefficient (Wildman–Crippen LogP) is 2.77. The number of methoxy groups -OCH3 is 1. The maximum atomic E-state index is 11.5. The van der Waals surface area contributed by atoms with E-state index >= 15 is 0 Å². The van der Waals surface area contributed by atoms with Crippen LogP contribution in [0.3, 0.4) is 0 Å². The van der Waals surface area contributed by atoms with Crippen LogP contribution >= 0.6 is 11.3 Å². The summed E-state index contributed by atoms with van der Waals surface area (Å²) in [4.78, 5) is 17.3. The fraction of sp³-hybridized carbons (Fsp3) is 0.143. The summed E-state index contributed by atoms with van der Waals surface area (Å²) in [5.74, 6) is -0.338. The van der Waals surface area contributed by atoms with Gasteiger partial charge in [-0.15, -0.1) is 11.3 Å². The molecule has 19 heavy (non-hydrogen) atoms. The van der Waals surface area contributed by atoms with Crippen LogP contribution in [0.15, 0.2) is 42.0 Å². The van der Waals surface area contributed by atoms with Gasteiger partial charge in [0.1, 0.15) is 5.65 Å². The van der Waals surface area contributed by atoms with Crippen molar-refractivity contribution in [1.29, 1.82) is 0 Å². The molecule has 0 bridgehead atoms. The third-order valence-electron chi connectivity index (χ3n) is 2.86. The second-order valence-electron chi connectivity index (χ2n) is 4.16. The minimum Gasteiger partial charge on any atom is -0.465 e. The molecule has 0 aliphatic rings. The van der Waals surface area contributed by atoms with Gasteiger partial charge in [0.05, 0.1) is 18.4 Å². The van der Waals surface area contributed by atoms with E-state index in [0.717, 1.165) is 17.8 Å². The van der Waals surface area contributed by atoms with Crippen LogP contribution in [0.5, 0.6) is 0 Å². The number of ether oxygens (including phenoxy) is 1. The number of pyridine rings is 1. The van der Waals surface area contributed by atoms with Gasteiger partial charge in [-0.1, -0.05) is 6.07 Å². The number of nitrogens with zero attached hydrogens (tertiary/aromatic N) is 2. The molecule has 3 rings (SSSR count). The number of fused-ring (bicyclic) bond motifs is 1. The van der Waals surface area contributed by atoms with E-state index in [1.807, 2.05) is 22.7 Å². The summed E-state index contributed by atoms with van der Waals surface area (Å²) in [5, 5.41) is 2.06. The summed E-state index contributed by atoms with van der Waals surface area (Å²) in [6, 6.07) is 7.67. The Balaban J connectivity index is 1.94. The van der Waals surface area contributed by atoms with Crippen LogP contribution in [0, 0.1) is 0 Å². The van der Waals surface area contributed by atoms with Gasteiger partial charge in [0.25, 0.3) is 0 Å².